The highest BCUT2D eigenvalue weighted by Crippen LogP contribution is 2.31. The molecule has 1 aliphatic heterocycles. The van der Waals surface area contributed by atoms with Crippen molar-refractivity contribution in [3.63, 3.8) is 0 Å². The first-order valence-electron chi connectivity index (χ1n) is 7.46. The highest BCUT2D eigenvalue weighted by atomic mass is 19.1. The average Bonchev–Trinajstić information content (AvgIpc) is 2.39. The Labute approximate surface area is 120 Å². The molecule has 4 heteroatoms. The second-order valence-electron chi connectivity index (χ2n) is 5.88. The van der Waals surface area contributed by atoms with Gasteiger partial charge in [-0.05, 0) is 42.5 Å². The molecule has 0 aromatic heterocycles. The molecule has 1 heterocycles. The summed E-state index contributed by atoms with van der Waals surface area (Å²) in [5.41, 5.74) is 0.799. The molecule has 2 atom stereocenters. The summed E-state index contributed by atoms with van der Waals surface area (Å²) in [4.78, 5) is 1.85. The minimum atomic E-state index is -0.445. The maximum atomic E-state index is 14.2. The van der Waals surface area contributed by atoms with Gasteiger partial charge in [-0.2, -0.15) is 0 Å². The van der Waals surface area contributed by atoms with E-state index in [9.17, 15) is 8.78 Å². The summed E-state index contributed by atoms with van der Waals surface area (Å²) >= 11 is 0. The summed E-state index contributed by atoms with van der Waals surface area (Å²) in [6, 6.07) is 2.90. The summed E-state index contributed by atoms with van der Waals surface area (Å²) in [6.45, 7) is 9.05. The summed E-state index contributed by atoms with van der Waals surface area (Å²) in [7, 11) is 0. The van der Waals surface area contributed by atoms with E-state index in [1.54, 1.807) is 0 Å². The molecule has 20 heavy (non-hydrogen) atoms. The zero-order chi connectivity index (χ0) is 14.7. The number of rotatable bonds is 4. The van der Waals surface area contributed by atoms with E-state index in [0.717, 1.165) is 26.1 Å². The largest absolute Gasteiger partial charge is 0.367 e. The summed E-state index contributed by atoms with van der Waals surface area (Å²) in [5.74, 6) is 0.189. The van der Waals surface area contributed by atoms with E-state index in [4.69, 9.17) is 0 Å². The molecule has 1 N–H and O–H groups in total. The predicted octanol–water partition coefficient (Wildman–Crippen LogP) is 3.56. The van der Waals surface area contributed by atoms with E-state index in [1.807, 2.05) is 11.8 Å². The van der Waals surface area contributed by atoms with Gasteiger partial charge in [0, 0.05) is 19.6 Å². The van der Waals surface area contributed by atoms with Crippen LogP contribution in [0.2, 0.25) is 0 Å². The number of halogens is 2. The molecule has 2 nitrogen and oxygen atoms in total. The van der Waals surface area contributed by atoms with Gasteiger partial charge in [0.15, 0.2) is 0 Å². The van der Waals surface area contributed by atoms with E-state index in [2.05, 4.69) is 19.2 Å². The Morgan fingerprint density at radius 1 is 1.20 bits per heavy atom. The van der Waals surface area contributed by atoms with Crippen LogP contribution in [0.25, 0.3) is 0 Å². The fourth-order valence-electron chi connectivity index (χ4n) is 2.76. The molecule has 2 rings (SSSR count). The van der Waals surface area contributed by atoms with Crippen LogP contribution < -0.4 is 10.2 Å². The fraction of sp³-hybridized carbons (Fsp3) is 0.625. The van der Waals surface area contributed by atoms with Crippen molar-refractivity contribution in [3.05, 3.63) is 29.3 Å². The molecule has 1 aromatic carbocycles. The smallest absolute Gasteiger partial charge is 0.149 e. The number of hydrogen-bond acceptors (Lipinski definition) is 2. The number of hydrogen-bond donors (Lipinski definition) is 1. The number of anilines is 1. The molecule has 1 saturated heterocycles. The lowest BCUT2D eigenvalue weighted by molar-refractivity contribution is 0.320. The van der Waals surface area contributed by atoms with E-state index >= 15 is 0 Å². The van der Waals surface area contributed by atoms with E-state index in [0.29, 0.717) is 23.9 Å². The zero-order valence-electron chi connectivity index (χ0n) is 12.5. The second-order valence-corrected chi connectivity index (χ2v) is 5.88. The Morgan fingerprint density at radius 3 is 2.40 bits per heavy atom. The lowest BCUT2D eigenvalue weighted by atomic mass is 9.88. The molecular weight excluding hydrogens is 258 g/mol. The molecular formula is C16H24F2N2. The van der Waals surface area contributed by atoms with E-state index in [1.165, 1.54) is 12.1 Å². The average molecular weight is 282 g/mol. The van der Waals surface area contributed by atoms with Crippen LogP contribution in [0.5, 0.6) is 0 Å². The maximum Gasteiger partial charge on any atom is 0.149 e. The highest BCUT2D eigenvalue weighted by Gasteiger charge is 2.26. The van der Waals surface area contributed by atoms with Gasteiger partial charge in [0.1, 0.15) is 17.3 Å². The SMILES string of the molecule is CCNCc1cc(F)c(N2CCC(C)C(C)C2)c(F)c1. The summed E-state index contributed by atoms with van der Waals surface area (Å²) < 4.78 is 28.5. The normalized spacial score (nSPS) is 23.1. The Morgan fingerprint density at radius 2 is 1.85 bits per heavy atom. The van der Waals surface area contributed by atoms with Crippen LogP contribution in [0.1, 0.15) is 32.8 Å². The first-order chi connectivity index (χ1) is 9.52. The van der Waals surface area contributed by atoms with Crippen molar-refractivity contribution in [2.45, 2.75) is 33.7 Å². The van der Waals surface area contributed by atoms with E-state index < -0.39 is 11.6 Å². The van der Waals surface area contributed by atoms with Crippen molar-refractivity contribution in [2.75, 3.05) is 24.5 Å². The van der Waals surface area contributed by atoms with Crippen LogP contribution >= 0.6 is 0 Å². The molecule has 0 amide bonds. The summed E-state index contributed by atoms with van der Waals surface area (Å²) in [5, 5.41) is 3.08. The lowest BCUT2D eigenvalue weighted by Crippen LogP contribution is -2.39. The van der Waals surface area contributed by atoms with Gasteiger partial charge in [-0.25, -0.2) is 8.78 Å². The Kier molecular flexibility index (Phi) is 4.97. The van der Waals surface area contributed by atoms with Gasteiger partial charge in [0.2, 0.25) is 0 Å². The van der Waals surface area contributed by atoms with E-state index in [-0.39, 0.29) is 5.69 Å². The van der Waals surface area contributed by atoms with Crippen LogP contribution in [-0.4, -0.2) is 19.6 Å². The van der Waals surface area contributed by atoms with Gasteiger partial charge < -0.3 is 10.2 Å². The standard InChI is InChI=1S/C16H24F2N2/c1-4-19-9-13-7-14(17)16(15(18)8-13)20-6-5-11(2)12(3)10-20/h7-8,11-12,19H,4-6,9-10H2,1-3H3. The van der Waals surface area contributed by atoms with Crippen molar-refractivity contribution >= 4 is 5.69 Å². The maximum absolute atomic E-state index is 14.2. The number of nitrogens with zero attached hydrogens (tertiary/aromatic N) is 1. The Hall–Kier alpha value is -1.16. The Bertz CT molecular complexity index is 439. The van der Waals surface area contributed by atoms with Gasteiger partial charge >= 0.3 is 0 Å². The van der Waals surface area contributed by atoms with Gasteiger partial charge in [0.05, 0.1) is 0 Å². The molecule has 1 aromatic rings. The topological polar surface area (TPSA) is 15.3 Å². The minimum Gasteiger partial charge on any atom is -0.367 e. The molecule has 0 aliphatic carbocycles. The molecule has 112 valence electrons. The van der Waals surface area contributed by atoms with Gasteiger partial charge in [-0.15, -0.1) is 0 Å². The van der Waals surface area contributed by atoms with Crippen LogP contribution in [-0.2, 0) is 6.54 Å². The molecule has 0 spiro atoms. The molecule has 0 saturated carbocycles. The van der Waals surface area contributed by atoms with Crippen molar-refractivity contribution in [2.24, 2.45) is 11.8 Å². The van der Waals surface area contributed by atoms with Gasteiger partial charge in [-0.3, -0.25) is 0 Å². The fourth-order valence-corrected chi connectivity index (χ4v) is 2.76. The van der Waals surface area contributed by atoms with Gasteiger partial charge in [-0.1, -0.05) is 20.8 Å². The van der Waals surface area contributed by atoms with Crippen molar-refractivity contribution < 1.29 is 8.78 Å². The number of piperidine rings is 1. The second kappa shape index (κ2) is 6.53. The van der Waals surface area contributed by atoms with Crippen molar-refractivity contribution in [1.29, 1.82) is 0 Å². The predicted molar refractivity (Wildman–Crippen MR) is 78.9 cm³/mol. The molecule has 2 unspecified atom stereocenters. The first kappa shape index (κ1) is 15.2. The number of nitrogens with one attached hydrogen (secondary N) is 1. The number of benzene rings is 1. The van der Waals surface area contributed by atoms with Crippen LogP contribution in [0, 0.1) is 23.5 Å². The summed E-state index contributed by atoms with van der Waals surface area (Å²) in [6.07, 6.45) is 0.985. The van der Waals surface area contributed by atoms with Crippen molar-refractivity contribution in [1.82, 2.24) is 5.32 Å². The van der Waals surface area contributed by atoms with Crippen LogP contribution in [0.4, 0.5) is 14.5 Å². The third-order valence-corrected chi connectivity index (χ3v) is 4.31. The van der Waals surface area contributed by atoms with Crippen LogP contribution in [0.3, 0.4) is 0 Å². The van der Waals surface area contributed by atoms with Crippen LogP contribution in [0.15, 0.2) is 12.1 Å². The molecule has 1 fully saturated rings. The minimum absolute atomic E-state index is 0.143. The molecule has 0 radical (unpaired) electrons. The van der Waals surface area contributed by atoms with Gasteiger partial charge in [0.25, 0.3) is 0 Å². The van der Waals surface area contributed by atoms with Crippen molar-refractivity contribution in [3.8, 4) is 0 Å². The zero-order valence-corrected chi connectivity index (χ0v) is 12.5. The first-order valence-corrected chi connectivity index (χ1v) is 7.46. The monoisotopic (exact) mass is 282 g/mol. The molecule has 1 aliphatic rings. The quantitative estimate of drug-likeness (QED) is 0.908. The Balaban J connectivity index is 2.19. The lowest BCUT2D eigenvalue weighted by Gasteiger charge is -2.37. The molecule has 0 bridgehead atoms. The third-order valence-electron chi connectivity index (χ3n) is 4.31. The highest BCUT2D eigenvalue weighted by molar-refractivity contribution is 5.51. The third kappa shape index (κ3) is 3.29.